The summed E-state index contributed by atoms with van der Waals surface area (Å²) in [5, 5.41) is 12.1. The molecule has 1 aromatic heterocycles. The first-order valence-electron chi connectivity index (χ1n) is 9.85. The fraction of sp³-hybridized carbons (Fsp3) is 0.429. The summed E-state index contributed by atoms with van der Waals surface area (Å²) in [5.41, 5.74) is 1.85. The number of carbonyl (C=O) groups is 3. The Balaban J connectivity index is 1.85. The summed E-state index contributed by atoms with van der Waals surface area (Å²) in [7, 11) is 0. The van der Waals surface area contributed by atoms with Gasteiger partial charge >= 0.3 is 0 Å². The molecule has 0 radical (unpaired) electrons. The van der Waals surface area contributed by atoms with Gasteiger partial charge in [-0.05, 0) is 31.2 Å². The van der Waals surface area contributed by atoms with Gasteiger partial charge in [0.05, 0.1) is 12.2 Å². The molecule has 2 aromatic rings. The van der Waals surface area contributed by atoms with Crippen LogP contribution in [0.4, 0.5) is 17.3 Å². The number of benzene rings is 1. The highest BCUT2D eigenvalue weighted by molar-refractivity contribution is 5.93. The van der Waals surface area contributed by atoms with Crippen LogP contribution in [0.25, 0.3) is 0 Å². The first-order valence-corrected chi connectivity index (χ1v) is 9.85. The Bertz CT molecular complexity index is 884. The lowest BCUT2D eigenvalue weighted by Crippen LogP contribution is -3.13. The molecule has 0 saturated carbocycles. The van der Waals surface area contributed by atoms with Crippen LogP contribution >= 0.6 is 0 Å². The van der Waals surface area contributed by atoms with E-state index in [-0.39, 0.29) is 36.2 Å². The van der Waals surface area contributed by atoms with E-state index in [0.29, 0.717) is 23.8 Å². The molecule has 30 heavy (non-hydrogen) atoms. The molecule has 0 fully saturated rings. The Kier molecular flexibility index (Phi) is 7.71. The number of quaternary nitrogens is 1. The average molecular weight is 417 g/mol. The summed E-state index contributed by atoms with van der Waals surface area (Å²) >= 11 is 0. The molecule has 1 heterocycles. The van der Waals surface area contributed by atoms with Crippen molar-refractivity contribution in [3.05, 3.63) is 36.0 Å². The number of nitrogens with one attached hydrogen (secondary N) is 4. The molecule has 0 spiro atoms. The van der Waals surface area contributed by atoms with Crippen LogP contribution in [-0.4, -0.2) is 42.5 Å². The fourth-order valence-corrected chi connectivity index (χ4v) is 2.68. The zero-order chi connectivity index (χ0) is 22.3. The lowest BCUT2D eigenvalue weighted by atomic mass is 9.92. The van der Waals surface area contributed by atoms with E-state index >= 15 is 0 Å². The second-order valence-electron chi connectivity index (χ2n) is 8.14. The normalized spacial score (nSPS) is 12.2. The second-order valence-corrected chi connectivity index (χ2v) is 8.14. The monoisotopic (exact) mass is 416 g/mol. The molecule has 0 bridgehead atoms. The summed E-state index contributed by atoms with van der Waals surface area (Å²) in [4.78, 5) is 36.5. The van der Waals surface area contributed by atoms with Gasteiger partial charge in [-0.2, -0.15) is 0 Å². The Morgan fingerprint density at radius 2 is 1.50 bits per heavy atom. The Labute approximate surface area is 176 Å². The summed E-state index contributed by atoms with van der Waals surface area (Å²) < 4.78 is 5.17. The molecule has 1 aromatic carbocycles. The van der Waals surface area contributed by atoms with Crippen molar-refractivity contribution in [1.82, 2.24) is 5.16 Å². The zero-order valence-electron chi connectivity index (χ0n) is 18.1. The van der Waals surface area contributed by atoms with Crippen molar-refractivity contribution in [3.63, 3.8) is 0 Å². The minimum atomic E-state index is -0.254. The van der Waals surface area contributed by atoms with Gasteiger partial charge in [-0.3, -0.25) is 19.7 Å². The fourth-order valence-electron chi connectivity index (χ4n) is 2.68. The van der Waals surface area contributed by atoms with Crippen LogP contribution in [0.1, 0.15) is 40.3 Å². The molecule has 0 aliphatic rings. The van der Waals surface area contributed by atoms with Gasteiger partial charge in [0, 0.05) is 29.8 Å². The third-order valence-electron chi connectivity index (χ3n) is 4.35. The quantitative estimate of drug-likeness (QED) is 0.519. The van der Waals surface area contributed by atoms with Crippen molar-refractivity contribution in [1.29, 1.82) is 0 Å². The number of rotatable bonds is 8. The minimum absolute atomic E-state index is 0.122. The standard InChI is InChI=1S/C21H29N5O4/c1-6-26(13-19(29)24-20-11-17(25-30-20)21(3,4)5)12-18(28)23-16-9-7-15(8-10-16)22-14(2)27/h7-11H,6,12-13H2,1-5H3,(H,22,27)(H,23,28)(H,24,29)/p+1. The predicted octanol–water partition coefficient (Wildman–Crippen LogP) is 1.41. The Morgan fingerprint density at radius 3 is 1.97 bits per heavy atom. The number of nitrogens with zero attached hydrogens (tertiary/aromatic N) is 1. The summed E-state index contributed by atoms with van der Waals surface area (Å²) in [5.74, 6) is -0.325. The SMILES string of the molecule is CC[NH+](CC(=O)Nc1ccc(NC(C)=O)cc1)CC(=O)Nc1cc(C(C)(C)C)no1. The molecule has 162 valence electrons. The average Bonchev–Trinajstić information content (AvgIpc) is 3.11. The highest BCUT2D eigenvalue weighted by Crippen LogP contribution is 2.23. The Morgan fingerprint density at radius 1 is 0.967 bits per heavy atom. The maximum absolute atomic E-state index is 12.3. The third-order valence-corrected chi connectivity index (χ3v) is 4.35. The maximum Gasteiger partial charge on any atom is 0.281 e. The molecule has 1 unspecified atom stereocenters. The molecule has 9 nitrogen and oxygen atoms in total. The summed E-state index contributed by atoms with van der Waals surface area (Å²) in [6.45, 7) is 10.2. The van der Waals surface area contributed by atoms with Crippen molar-refractivity contribution in [2.24, 2.45) is 0 Å². The van der Waals surface area contributed by atoms with Crippen LogP contribution in [0.15, 0.2) is 34.9 Å². The maximum atomic E-state index is 12.3. The predicted molar refractivity (Wildman–Crippen MR) is 114 cm³/mol. The summed E-state index contributed by atoms with van der Waals surface area (Å²) in [6.07, 6.45) is 0. The topological polar surface area (TPSA) is 118 Å². The van der Waals surface area contributed by atoms with Gasteiger partial charge in [-0.25, -0.2) is 0 Å². The molecule has 4 N–H and O–H groups in total. The lowest BCUT2D eigenvalue weighted by molar-refractivity contribution is -0.881. The van der Waals surface area contributed by atoms with Crippen LogP contribution in [0.2, 0.25) is 0 Å². The Hall–Kier alpha value is -3.20. The van der Waals surface area contributed by atoms with Crippen LogP contribution in [0.3, 0.4) is 0 Å². The molecule has 1 atom stereocenters. The number of likely N-dealkylation sites (N-methyl/N-ethyl adjacent to an activating group) is 1. The van der Waals surface area contributed by atoms with E-state index in [2.05, 4.69) is 21.1 Å². The van der Waals surface area contributed by atoms with E-state index in [1.165, 1.54) is 6.92 Å². The van der Waals surface area contributed by atoms with Crippen molar-refractivity contribution in [2.75, 3.05) is 35.6 Å². The number of carbonyl (C=O) groups excluding carboxylic acids is 3. The van der Waals surface area contributed by atoms with Crippen molar-refractivity contribution in [3.8, 4) is 0 Å². The molecule has 0 aliphatic heterocycles. The highest BCUT2D eigenvalue weighted by atomic mass is 16.5. The first-order chi connectivity index (χ1) is 14.1. The van der Waals surface area contributed by atoms with E-state index in [4.69, 9.17) is 4.52 Å². The van der Waals surface area contributed by atoms with Gasteiger partial charge in [0.15, 0.2) is 13.1 Å². The number of hydrogen-bond donors (Lipinski definition) is 4. The van der Waals surface area contributed by atoms with Crippen molar-refractivity contribution < 1.29 is 23.8 Å². The molecule has 0 saturated heterocycles. The minimum Gasteiger partial charge on any atom is -0.338 e. The van der Waals surface area contributed by atoms with Crippen LogP contribution in [0.5, 0.6) is 0 Å². The smallest absolute Gasteiger partial charge is 0.281 e. The number of hydrogen-bond acceptors (Lipinski definition) is 5. The van der Waals surface area contributed by atoms with Crippen LogP contribution in [0, 0.1) is 0 Å². The second kappa shape index (κ2) is 10.0. The largest absolute Gasteiger partial charge is 0.338 e. The molecular formula is C21H30N5O4+. The molecule has 3 amide bonds. The van der Waals surface area contributed by atoms with Crippen molar-refractivity contribution >= 4 is 35.0 Å². The number of anilines is 3. The molecular weight excluding hydrogens is 386 g/mol. The molecule has 9 heteroatoms. The molecule has 0 aliphatic carbocycles. The molecule has 2 rings (SSSR count). The third kappa shape index (κ3) is 7.32. The number of amides is 3. The zero-order valence-corrected chi connectivity index (χ0v) is 18.1. The van der Waals surface area contributed by atoms with Crippen LogP contribution in [-0.2, 0) is 19.8 Å². The van der Waals surface area contributed by atoms with Gasteiger partial charge in [0.1, 0.15) is 0 Å². The van der Waals surface area contributed by atoms with Gasteiger partial charge in [-0.1, -0.05) is 25.9 Å². The van der Waals surface area contributed by atoms with Crippen LogP contribution < -0.4 is 20.9 Å². The first kappa shape index (κ1) is 23.1. The van der Waals surface area contributed by atoms with E-state index in [1.807, 2.05) is 27.7 Å². The van der Waals surface area contributed by atoms with E-state index in [0.717, 1.165) is 10.6 Å². The lowest BCUT2D eigenvalue weighted by Gasteiger charge is -2.16. The van der Waals surface area contributed by atoms with Gasteiger partial charge in [0.25, 0.3) is 11.8 Å². The van der Waals surface area contributed by atoms with Gasteiger partial charge < -0.3 is 20.1 Å². The van der Waals surface area contributed by atoms with Gasteiger partial charge in [-0.15, -0.1) is 0 Å². The van der Waals surface area contributed by atoms with Gasteiger partial charge in [0.2, 0.25) is 11.8 Å². The van der Waals surface area contributed by atoms with E-state index in [9.17, 15) is 14.4 Å². The van der Waals surface area contributed by atoms with Crippen molar-refractivity contribution in [2.45, 2.75) is 40.0 Å². The summed E-state index contributed by atoms with van der Waals surface area (Å²) in [6, 6.07) is 8.54. The van der Waals surface area contributed by atoms with E-state index < -0.39 is 0 Å². The number of aromatic nitrogens is 1. The van der Waals surface area contributed by atoms with E-state index in [1.54, 1.807) is 30.3 Å². The highest BCUT2D eigenvalue weighted by Gasteiger charge is 2.21.